The van der Waals surface area contributed by atoms with Gasteiger partial charge in [-0.2, -0.15) is 0 Å². The van der Waals surface area contributed by atoms with Crippen molar-refractivity contribution in [2.45, 2.75) is 45.8 Å². The Morgan fingerprint density at radius 2 is 1.68 bits per heavy atom. The van der Waals surface area contributed by atoms with Gasteiger partial charge in [-0.1, -0.05) is 0 Å². The number of carbonyl (C=O) groups excluding carboxylic acids is 1. The molecule has 1 saturated heterocycles. The van der Waals surface area contributed by atoms with Gasteiger partial charge < -0.3 is 24.6 Å². The first-order chi connectivity index (χ1) is 17.4. The second kappa shape index (κ2) is 10.1. The van der Waals surface area contributed by atoms with E-state index in [-0.39, 0.29) is 17.1 Å². The molecule has 0 saturated carbocycles. The maximum absolute atomic E-state index is 13.0. The highest BCUT2D eigenvalue weighted by Crippen LogP contribution is 2.22. The number of imidazole rings is 1. The summed E-state index contributed by atoms with van der Waals surface area (Å²) in [6.45, 7) is 10.2. The van der Waals surface area contributed by atoms with E-state index < -0.39 is 29.3 Å². The van der Waals surface area contributed by atoms with E-state index in [1.54, 1.807) is 6.92 Å². The molecule has 1 aromatic carbocycles. The molecule has 3 aromatic rings. The Kier molecular flexibility index (Phi) is 7.27. The van der Waals surface area contributed by atoms with Crippen molar-refractivity contribution in [2.24, 2.45) is 14.1 Å². The van der Waals surface area contributed by atoms with Gasteiger partial charge in [0.2, 0.25) is 12.3 Å². The molecule has 0 aliphatic carbocycles. The maximum atomic E-state index is 13.0. The Bertz CT molecular complexity index is 1390. The Balaban J connectivity index is 1.40. The van der Waals surface area contributed by atoms with Crippen LogP contribution in [0.15, 0.2) is 40.2 Å². The number of nitrogens with zero attached hydrogens (tertiary/aromatic N) is 6. The molecule has 200 valence electrons. The minimum absolute atomic E-state index is 0.194. The highest BCUT2D eigenvalue weighted by Gasteiger charge is 2.27. The summed E-state index contributed by atoms with van der Waals surface area (Å²) in [6.07, 6.45) is 0.474. The molecule has 12 nitrogen and oxygen atoms in total. The second-order valence-corrected chi connectivity index (χ2v) is 10.3. The van der Waals surface area contributed by atoms with Gasteiger partial charge in [0, 0.05) is 51.6 Å². The zero-order valence-electron chi connectivity index (χ0n) is 22.1. The highest BCUT2D eigenvalue weighted by molar-refractivity contribution is 5.94. The summed E-state index contributed by atoms with van der Waals surface area (Å²) in [6, 6.07) is 6.81. The number of aliphatic hydroxyl groups excluding tert-OH is 1. The molecule has 0 radical (unpaired) electrons. The summed E-state index contributed by atoms with van der Waals surface area (Å²) < 4.78 is 9.42. The van der Waals surface area contributed by atoms with E-state index in [2.05, 4.69) is 15.2 Å². The first-order valence-corrected chi connectivity index (χ1v) is 12.3. The number of piperazine rings is 1. The van der Waals surface area contributed by atoms with E-state index in [0.717, 1.165) is 23.3 Å². The summed E-state index contributed by atoms with van der Waals surface area (Å²) in [5.74, 6) is -0.315. The second-order valence-electron chi connectivity index (χ2n) is 10.3. The van der Waals surface area contributed by atoms with E-state index >= 15 is 0 Å². The van der Waals surface area contributed by atoms with Crippen molar-refractivity contribution in [2.75, 3.05) is 36.4 Å². The number of ether oxygens (including phenoxy) is 1. The predicted octanol–water partition coefficient (Wildman–Crippen LogP) is 0.846. The lowest BCUT2D eigenvalue weighted by Crippen LogP contribution is -2.52. The number of hydrogen-bond acceptors (Lipinski definition) is 8. The fraction of sp³-hybridized carbons (Fsp3) is 0.520. The maximum Gasteiger partial charge on any atom is 0.332 e. The SMILES string of the molecule is CC(C(=O)Nc1ccc(N2CCN(C(O)OC(C)(C)C)CC2)cc1)n1cnc2c1c(=O)n(C)c(=O)n2C. The first-order valence-electron chi connectivity index (χ1n) is 12.3. The lowest BCUT2D eigenvalue weighted by atomic mass is 10.2. The van der Waals surface area contributed by atoms with Gasteiger partial charge in [-0.25, -0.2) is 9.78 Å². The molecule has 2 aromatic heterocycles. The van der Waals surface area contributed by atoms with E-state index in [1.165, 1.54) is 29.6 Å². The van der Waals surface area contributed by atoms with E-state index in [1.807, 2.05) is 49.9 Å². The quantitative estimate of drug-likeness (QED) is 0.465. The number of anilines is 2. The molecular weight excluding hydrogens is 478 g/mol. The van der Waals surface area contributed by atoms with Gasteiger partial charge in [0.1, 0.15) is 6.04 Å². The van der Waals surface area contributed by atoms with Crippen LogP contribution in [-0.4, -0.2) is 72.8 Å². The summed E-state index contributed by atoms with van der Waals surface area (Å²) in [5, 5.41) is 13.2. The third-order valence-electron chi connectivity index (χ3n) is 6.56. The topological polar surface area (TPSA) is 127 Å². The zero-order valence-corrected chi connectivity index (χ0v) is 22.1. The molecule has 37 heavy (non-hydrogen) atoms. The molecule has 0 spiro atoms. The van der Waals surface area contributed by atoms with Gasteiger partial charge in [0.05, 0.1) is 11.9 Å². The smallest absolute Gasteiger partial charge is 0.332 e. The molecule has 2 N–H and O–H groups in total. The van der Waals surface area contributed by atoms with Crippen molar-refractivity contribution < 1.29 is 14.6 Å². The molecule has 1 amide bonds. The normalized spacial score (nSPS) is 16.7. The molecule has 4 rings (SSSR count). The number of aromatic nitrogens is 4. The van der Waals surface area contributed by atoms with Crippen LogP contribution in [-0.2, 0) is 23.6 Å². The van der Waals surface area contributed by atoms with Crippen LogP contribution >= 0.6 is 0 Å². The van der Waals surface area contributed by atoms with Crippen LogP contribution in [0, 0.1) is 0 Å². The number of carbonyl (C=O) groups is 1. The number of nitrogens with one attached hydrogen (secondary N) is 1. The molecule has 1 aliphatic heterocycles. The van der Waals surface area contributed by atoms with E-state index in [4.69, 9.17) is 4.74 Å². The third-order valence-corrected chi connectivity index (χ3v) is 6.56. The van der Waals surface area contributed by atoms with Gasteiger partial charge in [0.15, 0.2) is 11.2 Å². The summed E-state index contributed by atoms with van der Waals surface area (Å²) in [7, 11) is 2.94. The number of fused-ring (bicyclic) bond motifs is 1. The number of rotatable bonds is 6. The lowest BCUT2D eigenvalue weighted by Gasteiger charge is -2.39. The van der Waals surface area contributed by atoms with Crippen molar-refractivity contribution in [3.63, 3.8) is 0 Å². The Hall–Kier alpha value is -3.48. The van der Waals surface area contributed by atoms with Crippen LogP contribution in [0.3, 0.4) is 0 Å². The summed E-state index contributed by atoms with van der Waals surface area (Å²) >= 11 is 0. The van der Waals surface area contributed by atoms with Crippen molar-refractivity contribution in [1.29, 1.82) is 0 Å². The van der Waals surface area contributed by atoms with Crippen LogP contribution in [0.25, 0.3) is 11.2 Å². The molecule has 2 unspecified atom stereocenters. The standard InChI is InChI=1S/C25H35N7O5/c1-16(32-15-26-20-19(32)22(34)29(6)23(35)28(20)5)21(33)27-17-7-9-18(10-8-17)30-11-13-31(14-12-30)24(36)37-25(2,3)4/h7-10,15-16,24,36H,11-14H2,1-6H3,(H,27,33). The predicted molar refractivity (Wildman–Crippen MR) is 141 cm³/mol. The molecule has 1 aliphatic rings. The van der Waals surface area contributed by atoms with Gasteiger partial charge in [-0.05, 0) is 52.0 Å². The number of aryl methyl sites for hydroxylation is 1. The van der Waals surface area contributed by atoms with Crippen molar-refractivity contribution in [3.05, 3.63) is 51.4 Å². The molecule has 12 heteroatoms. The Morgan fingerprint density at radius 1 is 1.05 bits per heavy atom. The molecule has 1 fully saturated rings. The number of amides is 1. The van der Waals surface area contributed by atoms with Gasteiger partial charge in [-0.3, -0.25) is 23.6 Å². The fourth-order valence-electron chi connectivity index (χ4n) is 4.38. The van der Waals surface area contributed by atoms with E-state index in [9.17, 15) is 19.5 Å². The van der Waals surface area contributed by atoms with Crippen LogP contribution in [0.5, 0.6) is 0 Å². The van der Waals surface area contributed by atoms with Gasteiger partial charge in [0.25, 0.3) is 5.56 Å². The van der Waals surface area contributed by atoms with Crippen molar-refractivity contribution in [1.82, 2.24) is 23.6 Å². The molecule has 3 heterocycles. The highest BCUT2D eigenvalue weighted by atomic mass is 16.6. The van der Waals surface area contributed by atoms with Gasteiger partial charge in [-0.15, -0.1) is 0 Å². The molecule has 2 atom stereocenters. The minimum atomic E-state index is -0.931. The van der Waals surface area contributed by atoms with Crippen LogP contribution in [0.2, 0.25) is 0 Å². The lowest BCUT2D eigenvalue weighted by molar-refractivity contribution is -0.239. The summed E-state index contributed by atoms with van der Waals surface area (Å²) in [4.78, 5) is 46.2. The minimum Gasteiger partial charge on any atom is -0.369 e. The zero-order chi connectivity index (χ0) is 27.1. The van der Waals surface area contributed by atoms with Gasteiger partial charge >= 0.3 is 5.69 Å². The Morgan fingerprint density at radius 3 is 2.27 bits per heavy atom. The monoisotopic (exact) mass is 513 g/mol. The largest absolute Gasteiger partial charge is 0.369 e. The molecular formula is C25H35N7O5. The molecule has 0 bridgehead atoms. The van der Waals surface area contributed by atoms with Crippen LogP contribution < -0.4 is 21.5 Å². The average Bonchev–Trinajstić information content (AvgIpc) is 3.30. The van der Waals surface area contributed by atoms with Crippen molar-refractivity contribution >= 4 is 28.4 Å². The van der Waals surface area contributed by atoms with Crippen molar-refractivity contribution in [3.8, 4) is 0 Å². The third kappa shape index (κ3) is 5.45. The average molecular weight is 514 g/mol. The number of hydrogen-bond donors (Lipinski definition) is 2. The number of benzene rings is 1. The Labute approximate surface area is 214 Å². The fourth-order valence-corrected chi connectivity index (χ4v) is 4.38. The van der Waals surface area contributed by atoms with Crippen LogP contribution in [0.4, 0.5) is 11.4 Å². The summed E-state index contributed by atoms with van der Waals surface area (Å²) in [5.41, 5.74) is 0.662. The van der Waals surface area contributed by atoms with E-state index in [0.29, 0.717) is 18.8 Å². The van der Waals surface area contributed by atoms with Crippen LogP contribution in [0.1, 0.15) is 33.7 Å². The number of aliphatic hydroxyl groups is 1. The first kappa shape index (κ1) is 26.6.